The van der Waals surface area contributed by atoms with Gasteiger partial charge in [0.15, 0.2) is 0 Å². The van der Waals surface area contributed by atoms with Crippen LogP contribution < -0.4 is 29.2 Å². The van der Waals surface area contributed by atoms with Crippen molar-refractivity contribution >= 4 is 0 Å². The van der Waals surface area contributed by atoms with Crippen LogP contribution in [-0.2, 0) is 10.8 Å². The first kappa shape index (κ1) is 19.1. The molecule has 0 bridgehead atoms. The van der Waals surface area contributed by atoms with Crippen LogP contribution in [0.1, 0.15) is 52.9 Å². The van der Waals surface area contributed by atoms with E-state index in [0.717, 1.165) is 11.4 Å². The van der Waals surface area contributed by atoms with E-state index in [-0.39, 0.29) is 10.8 Å². The molecule has 1 heterocycles. The highest BCUT2D eigenvalue weighted by atomic mass is 35.7. The Kier molecular flexibility index (Phi) is 5.95. The minimum atomic E-state index is -4.94. The molecular weight excluding hydrogens is 284 g/mol. The summed E-state index contributed by atoms with van der Waals surface area (Å²) in [5.74, 6) is 6.17. The van der Waals surface area contributed by atoms with Gasteiger partial charge < -0.3 is 0 Å². The molecule has 0 fully saturated rings. The number of halogens is 1. The summed E-state index contributed by atoms with van der Waals surface area (Å²) < 4.78 is 35.8. The van der Waals surface area contributed by atoms with Crippen LogP contribution in [-0.4, -0.2) is 0 Å². The summed E-state index contributed by atoms with van der Waals surface area (Å²) in [5.41, 5.74) is 2.48. The van der Waals surface area contributed by atoms with Gasteiger partial charge in [0, 0.05) is 23.0 Å². The van der Waals surface area contributed by atoms with E-state index in [4.69, 9.17) is 24.5 Å². The molecular formula is C13H23ClN2O4. The summed E-state index contributed by atoms with van der Waals surface area (Å²) in [5, 5.41) is 0. The third-order valence-electron chi connectivity index (χ3n) is 2.56. The van der Waals surface area contributed by atoms with Crippen LogP contribution in [0, 0.1) is 10.2 Å². The van der Waals surface area contributed by atoms with Crippen molar-refractivity contribution in [1.29, 1.82) is 0 Å². The second-order valence-corrected chi connectivity index (χ2v) is 7.30. The van der Waals surface area contributed by atoms with E-state index in [0.29, 0.717) is 0 Å². The minimum absolute atomic E-state index is 0.0794. The van der Waals surface area contributed by atoms with Crippen molar-refractivity contribution < 1.29 is 33.6 Å². The zero-order valence-electron chi connectivity index (χ0n) is 12.8. The second kappa shape index (κ2) is 6.24. The molecule has 0 saturated carbocycles. The van der Waals surface area contributed by atoms with Crippen molar-refractivity contribution in [3.05, 3.63) is 29.6 Å². The molecule has 1 aromatic rings. The van der Waals surface area contributed by atoms with Crippen molar-refractivity contribution in [3.63, 3.8) is 0 Å². The van der Waals surface area contributed by atoms with Gasteiger partial charge >= 0.3 is 0 Å². The van der Waals surface area contributed by atoms with Crippen molar-refractivity contribution in [2.24, 2.45) is 0 Å². The van der Waals surface area contributed by atoms with E-state index in [1.807, 2.05) is 4.68 Å². The largest absolute Gasteiger partial charge is 0.222 e. The first-order chi connectivity index (χ1) is 8.64. The lowest BCUT2D eigenvalue weighted by atomic mass is 9.87. The molecule has 0 amide bonds. The molecule has 0 saturated heterocycles. The zero-order chi connectivity index (χ0) is 16.4. The SMILES string of the molecule is CC(C)(C)c1cccc(C(C)(C)C)[n+]1N.[O-][Cl+3]([O-])([O-])[O-]. The van der Waals surface area contributed by atoms with E-state index >= 15 is 0 Å². The van der Waals surface area contributed by atoms with Gasteiger partial charge in [0.05, 0.1) is 0 Å². The maximum atomic E-state index is 8.49. The highest BCUT2D eigenvalue weighted by Crippen LogP contribution is 2.22. The van der Waals surface area contributed by atoms with Gasteiger partial charge in [-0.25, -0.2) is 24.5 Å². The van der Waals surface area contributed by atoms with Gasteiger partial charge in [0.25, 0.3) is 0 Å². The average Bonchev–Trinajstić information content (AvgIpc) is 2.11. The number of hydrogen-bond donors (Lipinski definition) is 1. The fourth-order valence-corrected chi connectivity index (χ4v) is 1.74. The minimum Gasteiger partial charge on any atom is -0.222 e. The van der Waals surface area contributed by atoms with E-state index < -0.39 is 10.2 Å². The Bertz CT molecular complexity index is 407. The van der Waals surface area contributed by atoms with Crippen LogP contribution >= 0.6 is 0 Å². The first-order valence-corrected chi connectivity index (χ1v) is 7.30. The summed E-state index contributed by atoms with van der Waals surface area (Å²) in [7, 11) is -4.94. The quantitative estimate of drug-likeness (QED) is 0.420. The maximum absolute atomic E-state index is 8.49. The summed E-state index contributed by atoms with van der Waals surface area (Å²) >= 11 is 0. The molecule has 116 valence electrons. The molecule has 0 aliphatic rings. The smallest absolute Gasteiger partial charge is 0.217 e. The number of rotatable bonds is 0. The Morgan fingerprint density at radius 3 is 1.30 bits per heavy atom. The van der Waals surface area contributed by atoms with Gasteiger partial charge in [-0.2, -0.15) is 0 Å². The molecule has 1 rings (SSSR count). The number of nitrogens with two attached hydrogens (primary N) is 1. The molecule has 0 spiro atoms. The lowest BCUT2D eigenvalue weighted by Crippen LogP contribution is -2.68. The Labute approximate surface area is 122 Å². The summed E-state index contributed by atoms with van der Waals surface area (Å²) in [4.78, 5) is 0. The lowest BCUT2D eigenvalue weighted by molar-refractivity contribution is -2.00. The summed E-state index contributed by atoms with van der Waals surface area (Å²) in [6.45, 7) is 13.1. The Balaban J connectivity index is 0.000000621. The highest BCUT2D eigenvalue weighted by molar-refractivity contribution is 5.14. The second-order valence-electron chi connectivity index (χ2n) is 6.54. The topological polar surface area (TPSA) is 122 Å². The molecule has 2 N–H and O–H groups in total. The van der Waals surface area contributed by atoms with Crippen LogP contribution in [0.15, 0.2) is 18.2 Å². The van der Waals surface area contributed by atoms with Gasteiger partial charge in [0.2, 0.25) is 11.4 Å². The average molecular weight is 307 g/mol. The lowest BCUT2D eigenvalue weighted by Gasteiger charge is -2.20. The zero-order valence-corrected chi connectivity index (χ0v) is 13.5. The summed E-state index contributed by atoms with van der Waals surface area (Å²) in [6, 6.07) is 6.27. The molecule has 0 radical (unpaired) electrons. The normalized spacial score (nSPS) is 12.7. The predicted octanol–water partition coefficient (Wildman–Crippen LogP) is -2.47. The highest BCUT2D eigenvalue weighted by Gasteiger charge is 2.31. The third-order valence-corrected chi connectivity index (χ3v) is 2.56. The number of aromatic nitrogens is 1. The number of nitrogens with zero attached hydrogens (tertiary/aromatic N) is 1. The van der Waals surface area contributed by atoms with Gasteiger partial charge in [0.1, 0.15) is 0 Å². The standard InChI is InChI=1S/C13H23N2.ClHO4/c1-12(2,3)10-8-7-9-11(15(10)14)13(4,5)6;2-1(3,4)5/h7-9H,14H2,1-6H3;(H,2,3,4,5)/q+1;/p-1. The van der Waals surface area contributed by atoms with Crippen LogP contribution in [0.2, 0.25) is 0 Å². The van der Waals surface area contributed by atoms with Gasteiger partial charge in [-0.15, -0.1) is 10.2 Å². The molecule has 20 heavy (non-hydrogen) atoms. The van der Waals surface area contributed by atoms with Crippen LogP contribution in [0.3, 0.4) is 0 Å². The van der Waals surface area contributed by atoms with Crippen LogP contribution in [0.5, 0.6) is 0 Å². The molecule has 0 aromatic carbocycles. The van der Waals surface area contributed by atoms with E-state index in [9.17, 15) is 0 Å². The van der Waals surface area contributed by atoms with Crippen LogP contribution in [0.4, 0.5) is 0 Å². The molecule has 0 unspecified atom stereocenters. The molecule has 0 atom stereocenters. The Morgan fingerprint density at radius 1 is 0.850 bits per heavy atom. The van der Waals surface area contributed by atoms with Crippen molar-refractivity contribution in [2.45, 2.75) is 52.4 Å². The maximum Gasteiger partial charge on any atom is 0.217 e. The van der Waals surface area contributed by atoms with E-state index in [1.54, 1.807) is 0 Å². The molecule has 1 aromatic heterocycles. The first-order valence-electron chi connectivity index (χ1n) is 6.07. The Morgan fingerprint density at radius 2 is 1.10 bits per heavy atom. The fraction of sp³-hybridized carbons (Fsp3) is 0.615. The molecule has 0 aliphatic heterocycles. The van der Waals surface area contributed by atoms with Crippen molar-refractivity contribution in [2.75, 3.05) is 5.84 Å². The van der Waals surface area contributed by atoms with Gasteiger partial charge in [-0.1, -0.05) is 46.2 Å². The predicted molar refractivity (Wildman–Crippen MR) is 64.2 cm³/mol. The number of hydrogen-bond acceptors (Lipinski definition) is 5. The third kappa shape index (κ3) is 7.02. The van der Waals surface area contributed by atoms with E-state index in [2.05, 4.69) is 59.7 Å². The number of nitrogen functional groups attached to an aromatic ring is 1. The molecule has 0 aliphatic carbocycles. The molecule has 7 heteroatoms. The van der Waals surface area contributed by atoms with Gasteiger partial charge in [-0.3, -0.25) is 0 Å². The monoisotopic (exact) mass is 306 g/mol. The molecule has 6 nitrogen and oxygen atoms in total. The Hall–Kier alpha value is -0.920. The van der Waals surface area contributed by atoms with Gasteiger partial charge in [-0.05, 0) is 6.07 Å². The van der Waals surface area contributed by atoms with E-state index in [1.165, 1.54) is 0 Å². The fourth-order valence-electron chi connectivity index (χ4n) is 1.74. The van der Waals surface area contributed by atoms with Crippen LogP contribution in [0.25, 0.3) is 0 Å². The van der Waals surface area contributed by atoms with Crippen molar-refractivity contribution in [1.82, 2.24) is 0 Å². The van der Waals surface area contributed by atoms with Crippen molar-refractivity contribution in [3.8, 4) is 0 Å². The summed E-state index contributed by atoms with van der Waals surface area (Å²) in [6.07, 6.45) is 0. The number of pyridine rings is 1.